The van der Waals surface area contributed by atoms with Crippen molar-refractivity contribution in [2.75, 3.05) is 0 Å². The van der Waals surface area contributed by atoms with Crippen molar-refractivity contribution in [1.82, 2.24) is 10.4 Å². The average molecular weight is 602 g/mol. The van der Waals surface area contributed by atoms with Crippen molar-refractivity contribution in [3.8, 4) is 16.9 Å². The lowest BCUT2D eigenvalue weighted by molar-refractivity contribution is 0.0734. The molecule has 0 radical (unpaired) electrons. The number of aryl methyl sites for hydroxylation is 1. The van der Waals surface area contributed by atoms with E-state index in [1.54, 1.807) is 30.3 Å². The van der Waals surface area contributed by atoms with Gasteiger partial charge in [-0.2, -0.15) is 5.10 Å². The zero-order valence-electron chi connectivity index (χ0n) is 22.0. The zero-order chi connectivity index (χ0) is 28.3. The zero-order valence-corrected chi connectivity index (χ0v) is 23.6. The van der Waals surface area contributed by atoms with Gasteiger partial charge in [0.05, 0.1) is 17.3 Å². The molecule has 200 valence electrons. The number of H-pyrrole nitrogens is 1. The first-order valence-corrected chi connectivity index (χ1v) is 13.8. The molecule has 1 heterocycles. The van der Waals surface area contributed by atoms with E-state index >= 15 is 0 Å². The Balaban J connectivity index is 1.31. The SMILES string of the molecule is Cc1ccc(C(=O)Oc2ccc(Br)cc2C=NNC(=O)c2[nH]c3c(ccc4ccccc43)c2-c2ccccc2)cc1. The smallest absolute Gasteiger partial charge is 0.343 e. The van der Waals surface area contributed by atoms with Gasteiger partial charge in [0.2, 0.25) is 0 Å². The largest absolute Gasteiger partial charge is 0.422 e. The molecular weight excluding hydrogens is 578 g/mol. The highest BCUT2D eigenvalue weighted by Crippen LogP contribution is 2.36. The van der Waals surface area contributed by atoms with Crippen LogP contribution in [0.3, 0.4) is 0 Å². The minimum atomic E-state index is -0.483. The van der Waals surface area contributed by atoms with Crippen LogP contribution in [-0.4, -0.2) is 23.1 Å². The number of esters is 1. The van der Waals surface area contributed by atoms with Crippen molar-refractivity contribution in [2.24, 2.45) is 5.10 Å². The molecule has 0 aliphatic carbocycles. The number of carbonyl (C=O) groups excluding carboxylic acids is 2. The van der Waals surface area contributed by atoms with Crippen molar-refractivity contribution < 1.29 is 14.3 Å². The number of halogens is 1. The summed E-state index contributed by atoms with van der Waals surface area (Å²) < 4.78 is 6.43. The number of hydrazone groups is 1. The van der Waals surface area contributed by atoms with E-state index in [1.165, 1.54) is 6.21 Å². The summed E-state index contributed by atoms with van der Waals surface area (Å²) in [5.41, 5.74) is 7.66. The first kappa shape index (κ1) is 26.2. The van der Waals surface area contributed by atoms with Crippen LogP contribution in [0.15, 0.2) is 119 Å². The van der Waals surface area contributed by atoms with E-state index in [4.69, 9.17) is 4.74 Å². The van der Waals surface area contributed by atoms with Crippen LogP contribution in [0, 0.1) is 6.92 Å². The number of aromatic nitrogens is 1. The van der Waals surface area contributed by atoms with Gasteiger partial charge in [-0.15, -0.1) is 0 Å². The normalized spacial score (nSPS) is 11.3. The van der Waals surface area contributed by atoms with Gasteiger partial charge in [-0.3, -0.25) is 4.79 Å². The van der Waals surface area contributed by atoms with Gasteiger partial charge in [0.1, 0.15) is 11.4 Å². The predicted octanol–water partition coefficient (Wildman–Crippen LogP) is 8.04. The van der Waals surface area contributed by atoms with Gasteiger partial charge in [0.15, 0.2) is 0 Å². The Kier molecular flexibility index (Phi) is 7.18. The highest BCUT2D eigenvalue weighted by atomic mass is 79.9. The number of rotatable bonds is 6. The molecular formula is C34H24BrN3O3. The Hall–Kier alpha value is -5.01. The van der Waals surface area contributed by atoms with Crippen LogP contribution in [0.25, 0.3) is 32.8 Å². The predicted molar refractivity (Wildman–Crippen MR) is 167 cm³/mol. The van der Waals surface area contributed by atoms with Crippen LogP contribution < -0.4 is 10.2 Å². The van der Waals surface area contributed by atoms with Gasteiger partial charge in [0, 0.05) is 26.4 Å². The molecule has 0 unspecified atom stereocenters. The molecule has 5 aromatic carbocycles. The lowest BCUT2D eigenvalue weighted by Gasteiger charge is -2.08. The summed E-state index contributed by atoms with van der Waals surface area (Å²) in [6.07, 6.45) is 1.46. The second-order valence-corrected chi connectivity index (χ2v) is 10.5. The van der Waals surface area contributed by atoms with E-state index in [0.717, 1.165) is 42.8 Å². The minimum absolute atomic E-state index is 0.318. The van der Waals surface area contributed by atoms with E-state index in [9.17, 15) is 9.59 Å². The maximum Gasteiger partial charge on any atom is 0.343 e. The Morgan fingerprint density at radius 2 is 1.61 bits per heavy atom. The van der Waals surface area contributed by atoms with Gasteiger partial charge in [-0.1, -0.05) is 100 Å². The highest BCUT2D eigenvalue weighted by Gasteiger charge is 2.20. The van der Waals surface area contributed by atoms with E-state index < -0.39 is 11.9 Å². The first-order chi connectivity index (χ1) is 20.0. The van der Waals surface area contributed by atoms with E-state index in [1.807, 2.05) is 79.7 Å². The van der Waals surface area contributed by atoms with Crippen molar-refractivity contribution in [1.29, 1.82) is 0 Å². The number of ether oxygens (including phenoxy) is 1. The number of carbonyl (C=O) groups is 2. The Morgan fingerprint density at radius 3 is 2.41 bits per heavy atom. The monoisotopic (exact) mass is 601 g/mol. The molecule has 1 aromatic heterocycles. The molecule has 0 atom stereocenters. The fourth-order valence-electron chi connectivity index (χ4n) is 4.79. The van der Waals surface area contributed by atoms with Gasteiger partial charge in [-0.25, -0.2) is 10.2 Å². The van der Waals surface area contributed by atoms with Crippen LogP contribution in [0.1, 0.15) is 32.0 Å². The topological polar surface area (TPSA) is 83.5 Å². The maximum absolute atomic E-state index is 13.5. The number of benzene rings is 5. The third-order valence-electron chi connectivity index (χ3n) is 6.82. The van der Waals surface area contributed by atoms with Crippen LogP contribution >= 0.6 is 15.9 Å². The number of amides is 1. The summed E-state index contributed by atoms with van der Waals surface area (Å²) in [7, 11) is 0. The lowest BCUT2D eigenvalue weighted by atomic mass is 9.99. The standard InChI is InChI=1S/C34H24BrN3O3/c1-21-11-13-24(14-12-21)34(40)41-29-18-16-26(35)19-25(29)20-36-38-33(39)32-30(23-8-3-2-4-9-23)28-17-15-22-7-5-6-10-27(22)31(28)37-32/h2-20,37H,1H3,(H,38,39). The van der Waals surface area contributed by atoms with Gasteiger partial charge < -0.3 is 9.72 Å². The first-order valence-electron chi connectivity index (χ1n) is 13.0. The summed E-state index contributed by atoms with van der Waals surface area (Å²) in [6, 6.07) is 34.3. The molecule has 41 heavy (non-hydrogen) atoms. The number of nitrogens with one attached hydrogen (secondary N) is 2. The van der Waals surface area contributed by atoms with Gasteiger partial charge in [-0.05, 0) is 48.2 Å². The fourth-order valence-corrected chi connectivity index (χ4v) is 5.17. The summed E-state index contributed by atoms with van der Waals surface area (Å²) >= 11 is 3.45. The van der Waals surface area contributed by atoms with Crippen LogP contribution in [0.4, 0.5) is 0 Å². The molecule has 2 N–H and O–H groups in total. The fraction of sp³-hybridized carbons (Fsp3) is 0.0294. The lowest BCUT2D eigenvalue weighted by Crippen LogP contribution is -2.19. The number of hydrogen-bond acceptors (Lipinski definition) is 4. The van der Waals surface area contributed by atoms with Gasteiger partial charge >= 0.3 is 5.97 Å². The van der Waals surface area contributed by atoms with Crippen molar-refractivity contribution in [3.63, 3.8) is 0 Å². The molecule has 0 fully saturated rings. The van der Waals surface area contributed by atoms with E-state index in [2.05, 4.69) is 37.5 Å². The molecule has 7 heteroatoms. The molecule has 6 aromatic rings. The molecule has 0 aliphatic heterocycles. The Labute approximate surface area is 244 Å². The van der Waals surface area contributed by atoms with Crippen LogP contribution in [-0.2, 0) is 0 Å². The number of nitrogens with zero attached hydrogens (tertiary/aromatic N) is 1. The molecule has 6 nitrogen and oxygen atoms in total. The maximum atomic E-state index is 13.5. The third kappa shape index (κ3) is 5.40. The summed E-state index contributed by atoms with van der Waals surface area (Å²) in [5.74, 6) is -0.559. The molecule has 6 rings (SSSR count). The third-order valence-corrected chi connectivity index (χ3v) is 7.31. The summed E-state index contributed by atoms with van der Waals surface area (Å²) in [6.45, 7) is 1.95. The second-order valence-electron chi connectivity index (χ2n) is 9.59. The Morgan fingerprint density at radius 1 is 0.854 bits per heavy atom. The van der Waals surface area contributed by atoms with Gasteiger partial charge in [0.25, 0.3) is 5.91 Å². The summed E-state index contributed by atoms with van der Waals surface area (Å²) in [5, 5.41) is 7.27. The molecule has 0 spiro atoms. The summed E-state index contributed by atoms with van der Waals surface area (Å²) in [4.78, 5) is 29.6. The molecule has 0 aliphatic rings. The van der Waals surface area contributed by atoms with Crippen molar-refractivity contribution in [3.05, 3.63) is 136 Å². The Bertz CT molecular complexity index is 1940. The minimum Gasteiger partial charge on any atom is -0.422 e. The van der Waals surface area contributed by atoms with Crippen LogP contribution in [0.2, 0.25) is 0 Å². The number of fused-ring (bicyclic) bond motifs is 3. The van der Waals surface area contributed by atoms with E-state index in [-0.39, 0.29) is 0 Å². The highest BCUT2D eigenvalue weighted by molar-refractivity contribution is 9.10. The van der Waals surface area contributed by atoms with E-state index in [0.29, 0.717) is 22.6 Å². The number of aromatic amines is 1. The van der Waals surface area contributed by atoms with Crippen LogP contribution in [0.5, 0.6) is 5.75 Å². The number of hydrogen-bond donors (Lipinski definition) is 2. The average Bonchev–Trinajstić information content (AvgIpc) is 3.39. The molecule has 0 bridgehead atoms. The molecule has 0 saturated carbocycles. The second kappa shape index (κ2) is 11.2. The van der Waals surface area contributed by atoms with Crippen molar-refractivity contribution >= 4 is 55.7 Å². The quantitative estimate of drug-likeness (QED) is 0.0876. The molecule has 0 saturated heterocycles. The molecule has 1 amide bonds. The van der Waals surface area contributed by atoms with Crippen molar-refractivity contribution in [2.45, 2.75) is 6.92 Å².